The Balaban J connectivity index is 2.07. The molecule has 0 fully saturated rings. The van der Waals surface area contributed by atoms with E-state index in [1.807, 2.05) is 0 Å². The fourth-order valence-electron chi connectivity index (χ4n) is 1.41. The van der Waals surface area contributed by atoms with Gasteiger partial charge in [-0.3, -0.25) is 9.59 Å². The number of halogens is 2. The summed E-state index contributed by atoms with van der Waals surface area (Å²) >= 11 is 6.51. The maximum absolute atomic E-state index is 11.8. The summed E-state index contributed by atoms with van der Waals surface area (Å²) < 4.78 is 2.88. The van der Waals surface area contributed by atoms with Gasteiger partial charge in [-0.1, -0.05) is 0 Å². The second-order valence-electron chi connectivity index (χ2n) is 3.72. The Morgan fingerprint density at radius 3 is 2.63 bits per heavy atom. The highest BCUT2D eigenvalue weighted by Crippen LogP contribution is 2.10. The highest BCUT2D eigenvalue weighted by atomic mass is 79.9. The summed E-state index contributed by atoms with van der Waals surface area (Å²) in [5, 5.41) is 2.62. The van der Waals surface area contributed by atoms with E-state index in [4.69, 9.17) is 0 Å². The van der Waals surface area contributed by atoms with Gasteiger partial charge in [0.1, 0.15) is 12.4 Å². The van der Waals surface area contributed by atoms with E-state index in [0.717, 1.165) is 8.95 Å². The van der Waals surface area contributed by atoms with E-state index in [0.29, 0.717) is 5.82 Å². The predicted molar refractivity (Wildman–Crippen MR) is 79.0 cm³/mol. The molecule has 2 rings (SSSR count). The average Bonchev–Trinajstić information content (AvgIpc) is 2.37. The number of aromatic nitrogens is 2. The van der Waals surface area contributed by atoms with Crippen LogP contribution in [0.15, 0.2) is 50.4 Å². The van der Waals surface area contributed by atoms with Gasteiger partial charge in [0.2, 0.25) is 5.91 Å². The summed E-state index contributed by atoms with van der Waals surface area (Å²) in [6.45, 7) is -0.0595. The van der Waals surface area contributed by atoms with E-state index < -0.39 is 0 Å². The van der Waals surface area contributed by atoms with Gasteiger partial charge in [-0.25, -0.2) is 4.98 Å². The number of carbonyl (C=O) groups is 1. The minimum atomic E-state index is -0.310. The molecule has 1 N–H and O–H groups in total. The lowest BCUT2D eigenvalue weighted by Crippen LogP contribution is -2.26. The van der Waals surface area contributed by atoms with Crippen molar-refractivity contribution in [2.45, 2.75) is 6.54 Å². The molecule has 0 radical (unpaired) electrons. The third-order valence-corrected chi connectivity index (χ3v) is 3.19. The Bertz CT molecular complexity index is 653. The fourth-order valence-corrected chi connectivity index (χ4v) is 2.03. The van der Waals surface area contributed by atoms with E-state index in [9.17, 15) is 9.59 Å². The van der Waals surface area contributed by atoms with Gasteiger partial charge in [-0.15, -0.1) is 0 Å². The summed E-state index contributed by atoms with van der Waals surface area (Å²) in [7, 11) is 0. The molecule has 5 nitrogen and oxygen atoms in total. The molecule has 0 bridgehead atoms. The smallest absolute Gasteiger partial charge is 0.251 e. The average molecular weight is 387 g/mol. The van der Waals surface area contributed by atoms with Gasteiger partial charge in [0.25, 0.3) is 5.56 Å². The molecular weight excluding hydrogens is 378 g/mol. The molecule has 0 aliphatic heterocycles. The van der Waals surface area contributed by atoms with Crippen LogP contribution >= 0.6 is 31.9 Å². The maximum atomic E-state index is 11.8. The van der Waals surface area contributed by atoms with E-state index in [-0.39, 0.29) is 18.0 Å². The van der Waals surface area contributed by atoms with Gasteiger partial charge in [-0.2, -0.15) is 0 Å². The molecule has 2 aromatic heterocycles. The van der Waals surface area contributed by atoms with Gasteiger partial charge in [0.15, 0.2) is 0 Å². The Morgan fingerprint density at radius 2 is 1.95 bits per heavy atom. The van der Waals surface area contributed by atoms with Gasteiger partial charge >= 0.3 is 0 Å². The molecule has 0 atom stereocenters. The van der Waals surface area contributed by atoms with Crippen LogP contribution in [0.25, 0.3) is 0 Å². The number of amides is 1. The Hall–Kier alpha value is -1.47. The molecule has 0 saturated heterocycles. The first-order valence-electron chi connectivity index (χ1n) is 5.32. The topological polar surface area (TPSA) is 64.0 Å². The Kier molecular flexibility index (Phi) is 4.49. The largest absolute Gasteiger partial charge is 0.309 e. The summed E-state index contributed by atoms with van der Waals surface area (Å²) in [5.74, 6) is 0.131. The minimum Gasteiger partial charge on any atom is -0.309 e. The van der Waals surface area contributed by atoms with E-state index in [1.54, 1.807) is 30.6 Å². The van der Waals surface area contributed by atoms with Crippen molar-refractivity contribution in [1.82, 2.24) is 9.55 Å². The zero-order chi connectivity index (χ0) is 13.8. The summed E-state index contributed by atoms with van der Waals surface area (Å²) in [6.07, 6.45) is 3.15. The number of rotatable bonds is 3. The van der Waals surface area contributed by atoms with Gasteiger partial charge in [-0.05, 0) is 50.1 Å². The first kappa shape index (κ1) is 14.0. The predicted octanol–water partition coefficient (Wildman–Crippen LogP) is 2.41. The highest BCUT2D eigenvalue weighted by molar-refractivity contribution is 9.10. The SMILES string of the molecule is O=C(Cn1cc(Br)ccc1=O)Nc1ccc(Br)cn1. The second-order valence-corrected chi connectivity index (χ2v) is 5.55. The maximum Gasteiger partial charge on any atom is 0.251 e. The second kappa shape index (κ2) is 6.12. The molecule has 2 aromatic rings. The number of anilines is 1. The Morgan fingerprint density at radius 1 is 1.21 bits per heavy atom. The molecule has 2 heterocycles. The van der Waals surface area contributed by atoms with Crippen molar-refractivity contribution in [2.24, 2.45) is 0 Å². The molecule has 0 aliphatic rings. The number of nitrogens with one attached hydrogen (secondary N) is 1. The van der Waals surface area contributed by atoms with Crippen molar-refractivity contribution in [2.75, 3.05) is 5.32 Å². The minimum absolute atomic E-state index is 0.0595. The number of nitrogens with zero attached hydrogens (tertiary/aromatic N) is 2. The van der Waals surface area contributed by atoms with Crippen molar-refractivity contribution in [3.8, 4) is 0 Å². The molecule has 0 spiro atoms. The van der Waals surface area contributed by atoms with Crippen molar-refractivity contribution in [3.05, 3.63) is 56.0 Å². The number of carbonyl (C=O) groups excluding carboxylic acids is 1. The van der Waals surface area contributed by atoms with Crippen molar-refractivity contribution < 1.29 is 4.79 Å². The van der Waals surface area contributed by atoms with Crippen LogP contribution in [0, 0.1) is 0 Å². The molecule has 19 heavy (non-hydrogen) atoms. The zero-order valence-corrected chi connectivity index (χ0v) is 12.8. The van der Waals surface area contributed by atoms with Gasteiger partial charge < -0.3 is 9.88 Å². The van der Waals surface area contributed by atoms with Crippen LogP contribution in [0.3, 0.4) is 0 Å². The van der Waals surface area contributed by atoms with Crippen LogP contribution in [0.5, 0.6) is 0 Å². The van der Waals surface area contributed by atoms with E-state index in [1.165, 1.54) is 10.6 Å². The molecule has 0 aliphatic carbocycles. The molecule has 0 saturated carbocycles. The summed E-state index contributed by atoms with van der Waals surface area (Å²) in [4.78, 5) is 27.4. The zero-order valence-electron chi connectivity index (χ0n) is 9.64. The fraction of sp³-hybridized carbons (Fsp3) is 0.0833. The van der Waals surface area contributed by atoms with Gasteiger partial charge in [0.05, 0.1) is 0 Å². The van der Waals surface area contributed by atoms with Crippen molar-refractivity contribution in [3.63, 3.8) is 0 Å². The van der Waals surface area contributed by atoms with Crippen molar-refractivity contribution >= 4 is 43.6 Å². The third-order valence-electron chi connectivity index (χ3n) is 2.26. The third kappa shape index (κ3) is 4.00. The van der Waals surface area contributed by atoms with Crippen LogP contribution in [0.1, 0.15) is 0 Å². The van der Waals surface area contributed by atoms with Crippen LogP contribution < -0.4 is 10.9 Å². The normalized spacial score (nSPS) is 10.2. The summed E-state index contributed by atoms with van der Waals surface area (Å²) in [5.41, 5.74) is -0.234. The van der Waals surface area contributed by atoms with Crippen LogP contribution in [0.2, 0.25) is 0 Å². The molecule has 7 heteroatoms. The standard InChI is InChI=1S/C12H9Br2N3O2/c13-8-1-3-10(15-5-8)16-11(18)7-17-6-9(14)2-4-12(17)19/h1-6H,7H2,(H,15,16,18). The first-order chi connectivity index (χ1) is 9.04. The van der Waals surface area contributed by atoms with Crippen molar-refractivity contribution in [1.29, 1.82) is 0 Å². The molecule has 0 aromatic carbocycles. The van der Waals surface area contributed by atoms with E-state index in [2.05, 4.69) is 42.2 Å². The highest BCUT2D eigenvalue weighted by Gasteiger charge is 2.06. The first-order valence-corrected chi connectivity index (χ1v) is 6.90. The van der Waals surface area contributed by atoms with Crippen LogP contribution in [-0.2, 0) is 11.3 Å². The molecule has 98 valence electrons. The lowest BCUT2D eigenvalue weighted by atomic mass is 10.4. The molecule has 0 unspecified atom stereocenters. The monoisotopic (exact) mass is 385 g/mol. The lowest BCUT2D eigenvalue weighted by Gasteiger charge is -2.07. The van der Waals surface area contributed by atoms with Crippen LogP contribution in [0.4, 0.5) is 5.82 Å². The number of hydrogen-bond acceptors (Lipinski definition) is 3. The number of pyridine rings is 2. The number of hydrogen-bond donors (Lipinski definition) is 1. The quantitative estimate of drug-likeness (QED) is 0.880. The Labute approximate surface area is 125 Å². The summed E-state index contributed by atoms with van der Waals surface area (Å²) in [6, 6.07) is 6.47. The van der Waals surface area contributed by atoms with E-state index >= 15 is 0 Å². The lowest BCUT2D eigenvalue weighted by molar-refractivity contribution is -0.116. The molecule has 1 amide bonds. The molecular formula is C12H9Br2N3O2. The van der Waals surface area contributed by atoms with Crippen LogP contribution in [-0.4, -0.2) is 15.5 Å². The van der Waals surface area contributed by atoms with Gasteiger partial charge in [0, 0.05) is 27.4 Å².